The van der Waals surface area contributed by atoms with E-state index in [1.54, 1.807) is 7.11 Å². The maximum absolute atomic E-state index is 10.3. The van der Waals surface area contributed by atoms with Gasteiger partial charge in [-0.25, -0.2) is 0 Å². The Kier molecular flexibility index (Phi) is 5.88. The molecule has 0 heterocycles. The molecule has 4 heteroatoms. The van der Waals surface area contributed by atoms with Crippen molar-refractivity contribution in [2.45, 2.75) is 45.6 Å². The minimum absolute atomic E-state index is 0.186. The Morgan fingerprint density at radius 3 is 2.81 bits per heavy atom. The number of nitrogens with zero attached hydrogens (tertiary/aromatic N) is 1. The van der Waals surface area contributed by atoms with E-state index in [2.05, 4.69) is 6.92 Å². The van der Waals surface area contributed by atoms with Gasteiger partial charge >= 0.3 is 0 Å². The number of benzene rings is 1. The molecule has 0 radical (unpaired) electrons. The molecule has 0 bridgehead atoms. The van der Waals surface area contributed by atoms with E-state index in [-0.39, 0.29) is 6.10 Å². The van der Waals surface area contributed by atoms with Crippen LogP contribution in [0.1, 0.15) is 38.2 Å². The number of methoxy groups -OCH3 is 1. The molecule has 0 aliphatic heterocycles. The van der Waals surface area contributed by atoms with E-state index < -0.39 is 0 Å². The smallest absolute Gasteiger partial charge is 0.145 e. The van der Waals surface area contributed by atoms with Gasteiger partial charge in [-0.2, -0.15) is 0 Å². The summed E-state index contributed by atoms with van der Waals surface area (Å²) in [6, 6.07) is 5.94. The van der Waals surface area contributed by atoms with E-state index in [4.69, 9.17) is 9.47 Å². The predicted molar refractivity (Wildman–Crippen MR) is 84.2 cm³/mol. The number of ether oxygens (including phenoxy) is 2. The largest absolute Gasteiger partial charge is 0.488 e. The van der Waals surface area contributed by atoms with Gasteiger partial charge in [-0.3, -0.25) is 10.3 Å². The number of hydrogen-bond donors (Lipinski definition) is 1. The molecule has 1 aromatic rings. The minimum atomic E-state index is 0.186. The van der Waals surface area contributed by atoms with Gasteiger partial charge in [0, 0.05) is 20.3 Å². The van der Waals surface area contributed by atoms with Crippen molar-refractivity contribution in [2.75, 3.05) is 25.3 Å². The highest BCUT2D eigenvalue weighted by Crippen LogP contribution is 2.36. The second-order valence-corrected chi connectivity index (χ2v) is 6.05. The summed E-state index contributed by atoms with van der Waals surface area (Å²) in [4.78, 5) is 0. The van der Waals surface area contributed by atoms with Crippen molar-refractivity contribution in [1.82, 2.24) is 0 Å². The molecule has 1 aliphatic rings. The highest BCUT2D eigenvalue weighted by atomic mass is 16.5. The molecule has 4 nitrogen and oxygen atoms in total. The van der Waals surface area contributed by atoms with Crippen LogP contribution in [-0.2, 0) is 4.74 Å². The third-order valence-corrected chi connectivity index (χ3v) is 3.80. The molecule has 1 N–H and O–H groups in total. The molecule has 1 fully saturated rings. The molecule has 0 aromatic heterocycles. The summed E-state index contributed by atoms with van der Waals surface area (Å²) < 4.78 is 11.1. The lowest BCUT2D eigenvalue weighted by Gasteiger charge is -2.23. The van der Waals surface area contributed by atoms with Crippen molar-refractivity contribution < 1.29 is 14.7 Å². The Morgan fingerprint density at radius 1 is 1.38 bits per heavy atom. The fourth-order valence-corrected chi connectivity index (χ4v) is 2.50. The van der Waals surface area contributed by atoms with E-state index in [9.17, 15) is 5.21 Å². The van der Waals surface area contributed by atoms with Crippen LogP contribution in [0.3, 0.4) is 0 Å². The number of hydroxylamine groups is 1. The first kappa shape index (κ1) is 16.1. The maximum atomic E-state index is 10.3. The number of aryl methyl sites for hydroxylation is 1. The Labute approximate surface area is 127 Å². The minimum Gasteiger partial charge on any atom is -0.488 e. The van der Waals surface area contributed by atoms with Crippen molar-refractivity contribution in [2.24, 2.45) is 5.92 Å². The van der Waals surface area contributed by atoms with E-state index in [0.717, 1.165) is 35.8 Å². The second kappa shape index (κ2) is 7.66. The zero-order valence-electron chi connectivity index (χ0n) is 13.3. The Morgan fingerprint density at radius 2 is 2.14 bits per heavy atom. The standard InChI is InChI=1S/C17H27NO3/c1-13-5-8-17(21-14(2)12-15-6-7-15)16(11-13)18(19)9-4-10-20-3/h5,8,11,14-15,19H,4,6-7,9-10,12H2,1-3H3. The van der Waals surface area contributed by atoms with Crippen molar-refractivity contribution in [3.8, 4) is 5.75 Å². The van der Waals surface area contributed by atoms with Gasteiger partial charge in [0.15, 0.2) is 0 Å². The van der Waals surface area contributed by atoms with E-state index in [1.807, 2.05) is 25.1 Å². The summed E-state index contributed by atoms with van der Waals surface area (Å²) in [6.45, 7) is 5.29. The lowest BCUT2D eigenvalue weighted by atomic mass is 10.1. The molecule has 2 rings (SSSR count). The van der Waals surface area contributed by atoms with Crippen molar-refractivity contribution in [3.05, 3.63) is 23.8 Å². The van der Waals surface area contributed by atoms with Crippen LogP contribution in [0.2, 0.25) is 0 Å². The van der Waals surface area contributed by atoms with E-state index >= 15 is 0 Å². The van der Waals surface area contributed by atoms with Gasteiger partial charge in [0.25, 0.3) is 0 Å². The summed E-state index contributed by atoms with van der Waals surface area (Å²) in [6.07, 6.45) is 4.72. The molecule has 118 valence electrons. The molecule has 1 aliphatic carbocycles. The summed E-state index contributed by atoms with van der Waals surface area (Å²) in [5.74, 6) is 1.59. The van der Waals surface area contributed by atoms with E-state index in [0.29, 0.717) is 13.2 Å². The normalized spacial score (nSPS) is 15.8. The van der Waals surface area contributed by atoms with Gasteiger partial charge in [-0.1, -0.05) is 18.9 Å². The Balaban J connectivity index is 2.00. The maximum Gasteiger partial charge on any atom is 0.145 e. The van der Waals surface area contributed by atoms with Crippen LogP contribution in [-0.4, -0.2) is 31.6 Å². The highest BCUT2D eigenvalue weighted by Gasteiger charge is 2.25. The van der Waals surface area contributed by atoms with Gasteiger partial charge in [0.05, 0.1) is 6.10 Å². The first-order chi connectivity index (χ1) is 10.1. The molecule has 0 spiro atoms. The lowest BCUT2D eigenvalue weighted by molar-refractivity contribution is 0.175. The van der Waals surface area contributed by atoms with Crippen LogP contribution in [0.15, 0.2) is 18.2 Å². The lowest BCUT2D eigenvalue weighted by Crippen LogP contribution is -2.22. The molecular weight excluding hydrogens is 266 g/mol. The average molecular weight is 293 g/mol. The highest BCUT2D eigenvalue weighted by molar-refractivity contribution is 5.58. The molecular formula is C17H27NO3. The average Bonchev–Trinajstić information content (AvgIpc) is 3.24. The molecule has 1 unspecified atom stereocenters. The zero-order chi connectivity index (χ0) is 15.2. The summed E-state index contributed by atoms with van der Waals surface area (Å²) in [5, 5.41) is 11.5. The first-order valence-electron chi connectivity index (χ1n) is 7.82. The number of rotatable bonds is 9. The summed E-state index contributed by atoms with van der Waals surface area (Å²) >= 11 is 0. The van der Waals surface area contributed by atoms with Crippen LogP contribution in [0.25, 0.3) is 0 Å². The van der Waals surface area contributed by atoms with Gasteiger partial charge in [-0.05, 0) is 50.3 Å². The zero-order valence-corrected chi connectivity index (χ0v) is 13.3. The van der Waals surface area contributed by atoms with Gasteiger partial charge in [0.2, 0.25) is 0 Å². The fourth-order valence-electron chi connectivity index (χ4n) is 2.50. The van der Waals surface area contributed by atoms with E-state index in [1.165, 1.54) is 17.9 Å². The first-order valence-corrected chi connectivity index (χ1v) is 7.82. The van der Waals surface area contributed by atoms with Crippen molar-refractivity contribution in [1.29, 1.82) is 0 Å². The van der Waals surface area contributed by atoms with Crippen LogP contribution >= 0.6 is 0 Å². The Bertz CT molecular complexity index is 446. The number of anilines is 1. The quantitative estimate of drug-likeness (QED) is 0.555. The monoisotopic (exact) mass is 293 g/mol. The topological polar surface area (TPSA) is 41.9 Å². The molecule has 21 heavy (non-hydrogen) atoms. The second-order valence-electron chi connectivity index (χ2n) is 6.05. The molecule has 0 amide bonds. The molecule has 1 atom stereocenters. The Hall–Kier alpha value is -1.26. The summed E-state index contributed by atoms with van der Waals surface area (Å²) in [7, 11) is 1.67. The van der Waals surface area contributed by atoms with Gasteiger partial charge < -0.3 is 9.47 Å². The summed E-state index contributed by atoms with van der Waals surface area (Å²) in [5.41, 5.74) is 1.85. The van der Waals surface area contributed by atoms with Gasteiger partial charge in [-0.15, -0.1) is 0 Å². The molecule has 0 saturated heterocycles. The molecule has 1 saturated carbocycles. The predicted octanol–water partition coefficient (Wildman–Crippen LogP) is 3.79. The van der Waals surface area contributed by atoms with Crippen LogP contribution in [0.5, 0.6) is 5.75 Å². The van der Waals surface area contributed by atoms with Crippen LogP contribution < -0.4 is 9.80 Å². The third kappa shape index (κ3) is 5.21. The fraction of sp³-hybridized carbons (Fsp3) is 0.647. The van der Waals surface area contributed by atoms with Crippen LogP contribution in [0.4, 0.5) is 5.69 Å². The van der Waals surface area contributed by atoms with Gasteiger partial charge in [0.1, 0.15) is 11.4 Å². The van der Waals surface area contributed by atoms with Crippen molar-refractivity contribution >= 4 is 5.69 Å². The third-order valence-electron chi connectivity index (χ3n) is 3.80. The van der Waals surface area contributed by atoms with Crippen LogP contribution in [0, 0.1) is 12.8 Å². The number of hydrogen-bond acceptors (Lipinski definition) is 4. The molecule has 1 aromatic carbocycles. The SMILES string of the molecule is COCCCN(O)c1cc(C)ccc1OC(C)CC1CC1. The van der Waals surface area contributed by atoms with Crippen molar-refractivity contribution in [3.63, 3.8) is 0 Å².